The van der Waals surface area contributed by atoms with Gasteiger partial charge >= 0.3 is 5.97 Å². The number of hydrogen-bond acceptors (Lipinski definition) is 4. The molecule has 0 bridgehead atoms. The van der Waals surface area contributed by atoms with Gasteiger partial charge < -0.3 is 20.3 Å². The van der Waals surface area contributed by atoms with Crippen molar-refractivity contribution in [3.05, 3.63) is 23.8 Å². The standard InChI is InChI=1S/C10H12N2O4.ClH/c1-15-7-4-2-3-6(10(11)12)9(7)16-5-8(13)14;/h2-4H,5H2,1H3,(H3,11,12)(H,13,14);1H. The Balaban J connectivity index is 0.00000256. The van der Waals surface area contributed by atoms with Crippen LogP contribution >= 0.6 is 12.4 Å². The van der Waals surface area contributed by atoms with Gasteiger partial charge in [-0.05, 0) is 12.1 Å². The average molecular weight is 261 g/mol. The average Bonchev–Trinajstić information content (AvgIpc) is 2.25. The Morgan fingerprint density at radius 3 is 2.65 bits per heavy atom. The van der Waals surface area contributed by atoms with E-state index in [1.54, 1.807) is 18.2 Å². The second-order valence-corrected chi connectivity index (χ2v) is 2.93. The summed E-state index contributed by atoms with van der Waals surface area (Å²) in [7, 11) is 1.42. The lowest BCUT2D eigenvalue weighted by molar-refractivity contribution is -0.139. The summed E-state index contributed by atoms with van der Waals surface area (Å²) in [5, 5.41) is 15.8. The van der Waals surface area contributed by atoms with Crippen LogP contribution in [-0.4, -0.2) is 30.6 Å². The van der Waals surface area contributed by atoms with Gasteiger partial charge in [0.05, 0.1) is 12.7 Å². The van der Waals surface area contributed by atoms with Gasteiger partial charge in [0.2, 0.25) is 0 Å². The number of halogens is 1. The van der Waals surface area contributed by atoms with Crippen molar-refractivity contribution in [1.29, 1.82) is 5.41 Å². The molecule has 7 heteroatoms. The molecular weight excluding hydrogens is 248 g/mol. The second-order valence-electron chi connectivity index (χ2n) is 2.93. The predicted molar refractivity (Wildman–Crippen MR) is 64.4 cm³/mol. The molecule has 94 valence electrons. The van der Waals surface area contributed by atoms with Crippen LogP contribution in [0.2, 0.25) is 0 Å². The van der Waals surface area contributed by atoms with E-state index in [2.05, 4.69) is 0 Å². The summed E-state index contributed by atoms with van der Waals surface area (Å²) in [5.41, 5.74) is 5.65. The van der Waals surface area contributed by atoms with Crippen LogP contribution in [0.3, 0.4) is 0 Å². The summed E-state index contributed by atoms with van der Waals surface area (Å²) in [4.78, 5) is 10.4. The van der Waals surface area contributed by atoms with Crippen LogP contribution in [0.1, 0.15) is 5.56 Å². The van der Waals surface area contributed by atoms with Crippen LogP contribution in [-0.2, 0) is 4.79 Å². The molecule has 4 N–H and O–H groups in total. The minimum absolute atomic E-state index is 0. The van der Waals surface area contributed by atoms with Gasteiger partial charge in [-0.15, -0.1) is 12.4 Å². The van der Waals surface area contributed by atoms with E-state index in [9.17, 15) is 4.79 Å². The van der Waals surface area contributed by atoms with E-state index >= 15 is 0 Å². The monoisotopic (exact) mass is 260 g/mol. The highest BCUT2D eigenvalue weighted by Gasteiger charge is 2.13. The van der Waals surface area contributed by atoms with Gasteiger partial charge in [-0.3, -0.25) is 5.41 Å². The van der Waals surface area contributed by atoms with E-state index in [4.69, 9.17) is 25.7 Å². The number of carboxylic acid groups (broad SMARTS) is 1. The Kier molecular flexibility index (Phi) is 5.84. The van der Waals surface area contributed by atoms with Crippen molar-refractivity contribution in [2.75, 3.05) is 13.7 Å². The van der Waals surface area contributed by atoms with E-state index in [1.807, 2.05) is 0 Å². The van der Waals surface area contributed by atoms with Crippen molar-refractivity contribution in [1.82, 2.24) is 0 Å². The number of aliphatic carboxylic acids is 1. The first kappa shape index (κ1) is 15.0. The van der Waals surface area contributed by atoms with Gasteiger partial charge in [-0.1, -0.05) is 6.07 Å². The fourth-order valence-electron chi connectivity index (χ4n) is 1.17. The van der Waals surface area contributed by atoms with Crippen LogP contribution in [0.15, 0.2) is 18.2 Å². The maximum atomic E-state index is 10.4. The third-order valence-corrected chi connectivity index (χ3v) is 1.83. The third-order valence-electron chi connectivity index (χ3n) is 1.83. The lowest BCUT2D eigenvalue weighted by Crippen LogP contribution is -2.16. The Labute approximate surface area is 104 Å². The molecule has 1 aromatic rings. The number of benzene rings is 1. The molecule has 6 nitrogen and oxygen atoms in total. The molecule has 0 atom stereocenters. The molecule has 0 spiro atoms. The maximum absolute atomic E-state index is 10.4. The van der Waals surface area contributed by atoms with Crippen LogP contribution < -0.4 is 15.2 Å². The molecule has 1 rings (SSSR count). The number of carboxylic acids is 1. The summed E-state index contributed by atoms with van der Waals surface area (Å²) in [5.74, 6) is -0.812. The molecule has 0 radical (unpaired) electrons. The zero-order chi connectivity index (χ0) is 12.1. The molecule has 0 fully saturated rings. The highest BCUT2D eigenvalue weighted by molar-refractivity contribution is 5.98. The lowest BCUT2D eigenvalue weighted by Gasteiger charge is -2.12. The van der Waals surface area contributed by atoms with E-state index in [1.165, 1.54) is 7.11 Å². The number of nitrogen functional groups attached to an aromatic ring is 1. The van der Waals surface area contributed by atoms with Crippen LogP contribution in [0.5, 0.6) is 11.5 Å². The molecule has 0 amide bonds. The predicted octanol–water partition coefficient (Wildman–Crippen LogP) is 0.864. The normalized spacial score (nSPS) is 9.00. The number of ether oxygens (including phenoxy) is 2. The first-order chi connectivity index (χ1) is 7.56. The summed E-state index contributed by atoms with van der Waals surface area (Å²) >= 11 is 0. The van der Waals surface area contributed by atoms with Crippen molar-refractivity contribution in [2.24, 2.45) is 5.73 Å². The number of hydrogen-bond donors (Lipinski definition) is 3. The Hall–Kier alpha value is -1.95. The highest BCUT2D eigenvalue weighted by Crippen LogP contribution is 2.30. The summed E-state index contributed by atoms with van der Waals surface area (Å²) in [6, 6.07) is 4.80. The zero-order valence-electron chi connectivity index (χ0n) is 9.10. The van der Waals surface area contributed by atoms with Crippen LogP contribution in [0.25, 0.3) is 0 Å². The lowest BCUT2D eigenvalue weighted by atomic mass is 10.1. The van der Waals surface area contributed by atoms with E-state index in [0.717, 1.165) is 0 Å². The van der Waals surface area contributed by atoms with Crippen molar-refractivity contribution in [3.63, 3.8) is 0 Å². The SMILES string of the molecule is COc1cccc(C(=N)N)c1OCC(=O)O.Cl. The number of amidine groups is 1. The summed E-state index contributed by atoms with van der Waals surface area (Å²) in [6.07, 6.45) is 0. The second kappa shape index (κ2) is 6.59. The number of nitrogens with one attached hydrogen (secondary N) is 1. The largest absolute Gasteiger partial charge is 0.493 e. The first-order valence-corrected chi connectivity index (χ1v) is 4.42. The zero-order valence-corrected chi connectivity index (χ0v) is 9.91. The summed E-state index contributed by atoms with van der Waals surface area (Å²) < 4.78 is 10.0. The maximum Gasteiger partial charge on any atom is 0.341 e. The van der Waals surface area contributed by atoms with Crippen LogP contribution in [0.4, 0.5) is 0 Å². The number of para-hydroxylation sites is 1. The first-order valence-electron chi connectivity index (χ1n) is 4.42. The van der Waals surface area contributed by atoms with Gasteiger partial charge in [0.1, 0.15) is 5.84 Å². The molecule has 0 aliphatic rings. The number of rotatable bonds is 5. The third kappa shape index (κ3) is 3.84. The van der Waals surface area contributed by atoms with Gasteiger partial charge in [0.25, 0.3) is 0 Å². The molecule has 0 aromatic heterocycles. The Morgan fingerprint density at radius 2 is 2.18 bits per heavy atom. The fraction of sp³-hybridized carbons (Fsp3) is 0.200. The Bertz CT molecular complexity index is 423. The molecule has 0 saturated heterocycles. The quantitative estimate of drug-likeness (QED) is 0.538. The molecule has 0 aliphatic heterocycles. The van der Waals surface area contributed by atoms with Crippen molar-refractivity contribution in [2.45, 2.75) is 0 Å². The number of methoxy groups -OCH3 is 1. The Morgan fingerprint density at radius 1 is 1.53 bits per heavy atom. The molecule has 1 aromatic carbocycles. The van der Waals surface area contributed by atoms with Crippen molar-refractivity contribution in [3.8, 4) is 11.5 Å². The topological polar surface area (TPSA) is 106 Å². The molecule has 0 heterocycles. The van der Waals surface area contributed by atoms with E-state index in [-0.39, 0.29) is 24.0 Å². The molecular formula is C10H13ClN2O4. The smallest absolute Gasteiger partial charge is 0.341 e. The van der Waals surface area contributed by atoms with Gasteiger partial charge in [0.15, 0.2) is 18.1 Å². The van der Waals surface area contributed by atoms with Gasteiger partial charge in [-0.25, -0.2) is 4.79 Å². The number of carbonyl (C=O) groups is 1. The number of nitrogens with two attached hydrogens (primary N) is 1. The fourth-order valence-corrected chi connectivity index (χ4v) is 1.17. The summed E-state index contributed by atoms with van der Waals surface area (Å²) in [6.45, 7) is -0.513. The molecule has 0 aliphatic carbocycles. The molecule has 17 heavy (non-hydrogen) atoms. The van der Waals surface area contributed by atoms with Crippen LogP contribution in [0, 0.1) is 5.41 Å². The molecule has 0 saturated carbocycles. The van der Waals surface area contributed by atoms with E-state index < -0.39 is 12.6 Å². The minimum atomic E-state index is -1.11. The van der Waals surface area contributed by atoms with Gasteiger partial charge in [0, 0.05) is 0 Å². The van der Waals surface area contributed by atoms with E-state index in [0.29, 0.717) is 11.3 Å². The molecule has 0 unspecified atom stereocenters. The van der Waals surface area contributed by atoms with Crippen molar-refractivity contribution < 1.29 is 19.4 Å². The minimum Gasteiger partial charge on any atom is -0.493 e. The highest BCUT2D eigenvalue weighted by atomic mass is 35.5. The van der Waals surface area contributed by atoms with Crippen molar-refractivity contribution >= 4 is 24.2 Å². The van der Waals surface area contributed by atoms with Gasteiger partial charge in [-0.2, -0.15) is 0 Å².